The molecule has 0 radical (unpaired) electrons. The summed E-state index contributed by atoms with van der Waals surface area (Å²) >= 11 is 0. The van der Waals surface area contributed by atoms with Gasteiger partial charge in [0, 0.05) is 14.1 Å². The fraction of sp³-hybridized carbons (Fsp3) is 0.167. The Kier molecular flexibility index (Phi) is 3.49. The molecule has 0 unspecified atom stereocenters. The minimum Gasteiger partial charge on any atom is -0.370 e. The van der Waals surface area contributed by atoms with Crippen LogP contribution < -0.4 is 28.3 Å². The van der Waals surface area contributed by atoms with Gasteiger partial charge < -0.3 is 17.2 Å². The van der Waals surface area contributed by atoms with E-state index in [1.807, 2.05) is 0 Å². The summed E-state index contributed by atoms with van der Waals surface area (Å²) in [5.74, 6) is -0.453. The van der Waals surface area contributed by atoms with E-state index >= 15 is 0 Å². The van der Waals surface area contributed by atoms with Gasteiger partial charge in [-0.05, 0) is 12.1 Å². The van der Waals surface area contributed by atoms with Crippen LogP contribution in [0.4, 0.5) is 5.69 Å². The molecule has 0 aliphatic carbocycles. The number of hydrogen-bond donors (Lipinski definition) is 3. The molecular weight excluding hydrogens is 274 g/mol. The van der Waals surface area contributed by atoms with Gasteiger partial charge in [-0.3, -0.25) is 19.0 Å². The summed E-state index contributed by atoms with van der Waals surface area (Å²) in [5, 5.41) is 0.413. The molecule has 0 fully saturated rings. The van der Waals surface area contributed by atoms with E-state index in [-0.39, 0.29) is 39.5 Å². The predicted octanol–water partition coefficient (Wildman–Crippen LogP) is -1.54. The number of nitrogens with zero attached hydrogens (tertiary/aromatic N) is 4. The maximum Gasteiger partial charge on any atom is 0.275 e. The molecule has 0 atom stereocenters. The summed E-state index contributed by atoms with van der Waals surface area (Å²) in [7, 11) is 3.00. The highest BCUT2D eigenvalue weighted by atomic mass is 16.2. The van der Waals surface area contributed by atoms with Crippen LogP contribution in [0.1, 0.15) is 0 Å². The fourth-order valence-corrected chi connectivity index (χ4v) is 1.93. The van der Waals surface area contributed by atoms with Crippen molar-refractivity contribution in [3.05, 3.63) is 38.9 Å². The molecule has 1 aromatic heterocycles. The zero-order chi connectivity index (χ0) is 15.7. The van der Waals surface area contributed by atoms with Crippen LogP contribution in [0.5, 0.6) is 0 Å². The van der Waals surface area contributed by atoms with Crippen LogP contribution >= 0.6 is 0 Å². The van der Waals surface area contributed by atoms with Crippen LogP contribution in [0.25, 0.3) is 10.8 Å². The number of guanidine groups is 2. The number of aliphatic imine (C=N–C) groups is 2. The molecule has 110 valence electrons. The first kappa shape index (κ1) is 14.3. The topological polar surface area (TPSA) is 147 Å². The maximum absolute atomic E-state index is 12.3. The van der Waals surface area contributed by atoms with Gasteiger partial charge in [-0.2, -0.15) is 4.99 Å². The van der Waals surface area contributed by atoms with E-state index in [1.165, 1.54) is 23.5 Å². The highest BCUT2D eigenvalue weighted by Crippen LogP contribution is 2.20. The van der Waals surface area contributed by atoms with E-state index in [0.717, 1.165) is 0 Å². The lowest BCUT2D eigenvalue weighted by Gasteiger charge is -2.09. The Hall–Kier alpha value is -3.10. The van der Waals surface area contributed by atoms with Crippen LogP contribution in [0, 0.1) is 0 Å². The van der Waals surface area contributed by atoms with Crippen LogP contribution in [0.2, 0.25) is 0 Å². The first-order valence-electron chi connectivity index (χ1n) is 5.95. The molecule has 0 aliphatic heterocycles. The van der Waals surface area contributed by atoms with Crippen LogP contribution in [-0.2, 0) is 14.1 Å². The third kappa shape index (κ3) is 2.48. The average Bonchev–Trinajstić information content (AvgIpc) is 2.41. The summed E-state index contributed by atoms with van der Waals surface area (Å²) in [6.07, 6.45) is 0. The number of rotatable bonds is 1. The van der Waals surface area contributed by atoms with Gasteiger partial charge in [-0.1, -0.05) is 6.07 Å². The molecule has 2 rings (SSSR count). The van der Waals surface area contributed by atoms with Crippen molar-refractivity contribution < 1.29 is 0 Å². The van der Waals surface area contributed by atoms with Crippen molar-refractivity contribution in [2.24, 2.45) is 41.3 Å². The standard InChI is InChI=1S/C12H15N7O2/c1-18-9(20)6-4-3-5-7(8(6)10(21)19(18)2)16-12(15)17-11(13)14/h3-5H,1-2H3,(H6,13,14,15,16,17). The normalized spacial score (nSPS) is 11.6. The quantitative estimate of drug-likeness (QED) is 0.430. The Morgan fingerprint density at radius 2 is 1.67 bits per heavy atom. The van der Waals surface area contributed by atoms with Gasteiger partial charge in [-0.25, -0.2) is 4.99 Å². The highest BCUT2D eigenvalue weighted by molar-refractivity contribution is 5.97. The second kappa shape index (κ2) is 5.12. The summed E-state index contributed by atoms with van der Waals surface area (Å²) < 4.78 is 2.41. The largest absolute Gasteiger partial charge is 0.370 e. The van der Waals surface area contributed by atoms with Crippen LogP contribution in [0.15, 0.2) is 37.8 Å². The van der Waals surface area contributed by atoms with E-state index in [0.29, 0.717) is 0 Å². The van der Waals surface area contributed by atoms with Gasteiger partial charge in [0.1, 0.15) is 0 Å². The first-order valence-corrected chi connectivity index (χ1v) is 5.95. The zero-order valence-electron chi connectivity index (χ0n) is 11.6. The number of hydrogen-bond acceptors (Lipinski definition) is 3. The third-order valence-electron chi connectivity index (χ3n) is 3.00. The van der Waals surface area contributed by atoms with Crippen LogP contribution in [0.3, 0.4) is 0 Å². The van der Waals surface area contributed by atoms with Crippen molar-refractivity contribution in [1.29, 1.82) is 0 Å². The lowest BCUT2D eigenvalue weighted by Crippen LogP contribution is -2.35. The van der Waals surface area contributed by atoms with Crippen molar-refractivity contribution in [2.75, 3.05) is 0 Å². The molecule has 9 nitrogen and oxygen atoms in total. The molecule has 21 heavy (non-hydrogen) atoms. The van der Waals surface area contributed by atoms with Crippen molar-refractivity contribution in [2.45, 2.75) is 0 Å². The van der Waals surface area contributed by atoms with Crippen molar-refractivity contribution in [3.63, 3.8) is 0 Å². The SMILES string of the molecule is Cn1c(=O)c2cccc(N=C(N)N=C(N)N)c2c(=O)n1C. The molecule has 0 saturated heterocycles. The van der Waals surface area contributed by atoms with Gasteiger partial charge in [0.2, 0.25) is 5.96 Å². The van der Waals surface area contributed by atoms with E-state index in [4.69, 9.17) is 17.2 Å². The summed E-state index contributed by atoms with van der Waals surface area (Å²) in [5.41, 5.74) is 15.5. The monoisotopic (exact) mass is 289 g/mol. The lowest BCUT2D eigenvalue weighted by molar-refractivity contribution is 0.543. The van der Waals surface area contributed by atoms with Gasteiger partial charge in [0.15, 0.2) is 5.96 Å². The van der Waals surface area contributed by atoms with Crippen molar-refractivity contribution >= 4 is 28.4 Å². The lowest BCUT2D eigenvalue weighted by atomic mass is 10.1. The Morgan fingerprint density at radius 3 is 2.29 bits per heavy atom. The molecule has 0 bridgehead atoms. The zero-order valence-corrected chi connectivity index (χ0v) is 11.6. The summed E-state index contributed by atoms with van der Waals surface area (Å²) in [6, 6.07) is 4.71. The third-order valence-corrected chi connectivity index (χ3v) is 3.00. The van der Waals surface area contributed by atoms with Crippen molar-refractivity contribution in [1.82, 2.24) is 9.36 Å². The van der Waals surface area contributed by atoms with E-state index in [1.54, 1.807) is 18.2 Å². The minimum atomic E-state index is -0.371. The molecule has 6 N–H and O–H groups in total. The Morgan fingerprint density at radius 1 is 1.05 bits per heavy atom. The predicted molar refractivity (Wildman–Crippen MR) is 81.5 cm³/mol. The molecule has 1 aromatic carbocycles. The molecule has 1 heterocycles. The fourth-order valence-electron chi connectivity index (χ4n) is 1.93. The van der Waals surface area contributed by atoms with Crippen molar-refractivity contribution in [3.8, 4) is 0 Å². The van der Waals surface area contributed by atoms with E-state index < -0.39 is 0 Å². The smallest absolute Gasteiger partial charge is 0.275 e. The van der Waals surface area contributed by atoms with Gasteiger partial charge in [0.05, 0.1) is 16.5 Å². The molecule has 2 aromatic rings. The summed E-state index contributed by atoms with van der Waals surface area (Å²) in [6.45, 7) is 0. The molecular formula is C12H15N7O2. The Balaban J connectivity index is 2.88. The molecule has 0 spiro atoms. The van der Waals surface area contributed by atoms with Gasteiger partial charge in [0.25, 0.3) is 11.1 Å². The number of benzene rings is 1. The first-order chi connectivity index (χ1) is 9.82. The molecule has 9 heteroatoms. The highest BCUT2D eigenvalue weighted by Gasteiger charge is 2.12. The van der Waals surface area contributed by atoms with Crippen LogP contribution in [-0.4, -0.2) is 21.3 Å². The minimum absolute atomic E-state index is 0.164. The maximum atomic E-state index is 12.3. The average molecular weight is 289 g/mol. The molecule has 0 saturated carbocycles. The molecule has 0 aliphatic rings. The number of fused-ring (bicyclic) bond motifs is 1. The number of nitrogens with two attached hydrogens (primary N) is 3. The van der Waals surface area contributed by atoms with Gasteiger partial charge >= 0.3 is 0 Å². The number of aromatic nitrogens is 2. The second-order valence-electron chi connectivity index (χ2n) is 4.36. The molecule has 0 amide bonds. The Bertz CT molecular complexity index is 885. The van der Waals surface area contributed by atoms with E-state index in [9.17, 15) is 9.59 Å². The van der Waals surface area contributed by atoms with Gasteiger partial charge in [-0.15, -0.1) is 0 Å². The Labute approximate surface area is 119 Å². The second-order valence-corrected chi connectivity index (χ2v) is 4.36. The summed E-state index contributed by atoms with van der Waals surface area (Å²) in [4.78, 5) is 32.1. The van der Waals surface area contributed by atoms with E-state index in [2.05, 4.69) is 9.98 Å².